The number of hydrogen-bond donors (Lipinski definition) is 1. The van der Waals surface area contributed by atoms with Gasteiger partial charge in [-0.3, -0.25) is 14.5 Å². The highest BCUT2D eigenvalue weighted by atomic mass is 35.5. The van der Waals surface area contributed by atoms with E-state index < -0.39 is 6.10 Å². The van der Waals surface area contributed by atoms with Crippen LogP contribution in [0.4, 0.5) is 5.69 Å². The number of halogens is 2. The van der Waals surface area contributed by atoms with E-state index in [2.05, 4.69) is 10.2 Å². The summed E-state index contributed by atoms with van der Waals surface area (Å²) in [6.07, 6.45) is 1.68. The Hall–Kier alpha value is -3.06. The first-order chi connectivity index (χ1) is 18.5. The number of likely N-dealkylation sites (tertiary alicyclic amines) is 1. The molecule has 6 nitrogen and oxygen atoms in total. The minimum atomic E-state index is -0.766. The molecule has 3 aromatic carbocycles. The van der Waals surface area contributed by atoms with E-state index in [1.165, 1.54) is 0 Å². The van der Waals surface area contributed by atoms with E-state index in [0.29, 0.717) is 41.1 Å². The van der Waals surface area contributed by atoms with Gasteiger partial charge in [-0.05, 0) is 61.2 Å². The van der Waals surface area contributed by atoms with Crippen LogP contribution in [0.5, 0.6) is 5.75 Å². The number of fused-ring (bicyclic) bond motifs is 1. The molecule has 1 N–H and O–H groups in total. The Morgan fingerprint density at radius 3 is 2.58 bits per heavy atom. The minimum absolute atomic E-state index is 0.0229. The second kappa shape index (κ2) is 12.2. The van der Waals surface area contributed by atoms with Crippen LogP contribution in [0.25, 0.3) is 0 Å². The van der Waals surface area contributed by atoms with Gasteiger partial charge in [-0.15, -0.1) is 0 Å². The van der Waals surface area contributed by atoms with Crippen molar-refractivity contribution in [1.82, 2.24) is 10.2 Å². The van der Waals surface area contributed by atoms with E-state index in [1.54, 1.807) is 11.0 Å². The van der Waals surface area contributed by atoms with Gasteiger partial charge >= 0.3 is 0 Å². The summed E-state index contributed by atoms with van der Waals surface area (Å²) in [6, 6.07) is 23.0. The molecular formula is C30H31Cl2N3O3. The molecule has 2 aliphatic heterocycles. The molecule has 2 aliphatic rings. The second-order valence-electron chi connectivity index (χ2n) is 9.86. The summed E-state index contributed by atoms with van der Waals surface area (Å²) < 4.78 is 6.05. The fourth-order valence-corrected chi connectivity index (χ4v) is 5.65. The number of piperidine rings is 1. The number of carbonyl (C=O) groups excluding carboxylic acids is 2. The fourth-order valence-electron chi connectivity index (χ4n) is 5.18. The summed E-state index contributed by atoms with van der Waals surface area (Å²) in [5.74, 6) is 0.185. The average molecular weight is 553 g/mol. The molecule has 0 aliphatic carbocycles. The number of anilines is 1. The van der Waals surface area contributed by atoms with E-state index in [0.717, 1.165) is 36.9 Å². The molecule has 5 rings (SSSR count). The van der Waals surface area contributed by atoms with Crippen molar-refractivity contribution in [3.05, 3.63) is 94.0 Å². The topological polar surface area (TPSA) is 61.9 Å². The molecule has 0 spiro atoms. The predicted molar refractivity (Wildman–Crippen MR) is 151 cm³/mol. The highest BCUT2D eigenvalue weighted by Crippen LogP contribution is 2.35. The van der Waals surface area contributed by atoms with Crippen LogP contribution < -0.4 is 15.0 Å². The van der Waals surface area contributed by atoms with Gasteiger partial charge in [-0.25, -0.2) is 0 Å². The number of amides is 2. The first-order valence-electron chi connectivity index (χ1n) is 13.0. The number of para-hydroxylation sites is 2. The molecule has 1 fully saturated rings. The molecule has 1 saturated heterocycles. The Bertz CT molecular complexity index is 1290. The molecule has 0 radical (unpaired) electrons. The van der Waals surface area contributed by atoms with Gasteiger partial charge < -0.3 is 15.0 Å². The highest BCUT2D eigenvalue weighted by molar-refractivity contribution is 6.35. The van der Waals surface area contributed by atoms with Gasteiger partial charge in [-0.2, -0.15) is 0 Å². The van der Waals surface area contributed by atoms with Crippen molar-refractivity contribution >= 4 is 40.7 Å². The molecule has 0 aromatic heterocycles. The zero-order valence-corrected chi connectivity index (χ0v) is 22.6. The number of nitrogens with zero attached hydrogens (tertiary/aromatic N) is 2. The van der Waals surface area contributed by atoms with Crippen molar-refractivity contribution in [2.75, 3.05) is 31.1 Å². The standard InChI is InChI=1S/C30H31Cl2N3O3/c31-24-13-12-22(25(32)17-24)18-34-16-6-9-23(19-34)30(37)35-20-28(38-27-11-5-4-10-26(27)35)29(36)33-15-14-21-7-2-1-3-8-21/h1-5,7-8,10-13,17,23,28H,6,9,14-16,18-20H2,(H,33,36)/t23-,28+/m0/s1. The molecular weight excluding hydrogens is 521 g/mol. The van der Waals surface area contributed by atoms with Crippen molar-refractivity contribution in [2.24, 2.45) is 5.92 Å². The smallest absolute Gasteiger partial charge is 0.262 e. The lowest BCUT2D eigenvalue weighted by Crippen LogP contribution is -2.53. The predicted octanol–water partition coefficient (Wildman–Crippen LogP) is 5.36. The van der Waals surface area contributed by atoms with Crippen LogP contribution in [-0.4, -0.2) is 49.0 Å². The van der Waals surface area contributed by atoms with E-state index in [-0.39, 0.29) is 24.3 Å². The highest BCUT2D eigenvalue weighted by Gasteiger charge is 2.37. The number of nitrogens with one attached hydrogen (secondary N) is 1. The van der Waals surface area contributed by atoms with Crippen molar-refractivity contribution < 1.29 is 14.3 Å². The third-order valence-electron chi connectivity index (χ3n) is 7.15. The summed E-state index contributed by atoms with van der Waals surface area (Å²) >= 11 is 12.5. The molecule has 0 bridgehead atoms. The number of rotatable bonds is 7. The van der Waals surface area contributed by atoms with Crippen LogP contribution >= 0.6 is 23.2 Å². The monoisotopic (exact) mass is 551 g/mol. The van der Waals surface area contributed by atoms with E-state index in [9.17, 15) is 9.59 Å². The number of hydrogen-bond acceptors (Lipinski definition) is 4. The molecule has 38 heavy (non-hydrogen) atoms. The number of carbonyl (C=O) groups is 2. The van der Waals surface area contributed by atoms with Crippen LogP contribution in [0.15, 0.2) is 72.8 Å². The van der Waals surface area contributed by atoms with Crippen molar-refractivity contribution in [3.8, 4) is 5.75 Å². The van der Waals surface area contributed by atoms with Gasteiger partial charge in [0, 0.05) is 29.7 Å². The average Bonchev–Trinajstić information content (AvgIpc) is 2.94. The Labute approximate surface area is 233 Å². The van der Waals surface area contributed by atoms with Gasteiger partial charge in [0.05, 0.1) is 18.2 Å². The lowest BCUT2D eigenvalue weighted by Gasteiger charge is -2.38. The Kier molecular flexibility index (Phi) is 8.52. The van der Waals surface area contributed by atoms with Crippen molar-refractivity contribution in [2.45, 2.75) is 31.9 Å². The summed E-state index contributed by atoms with van der Waals surface area (Å²) in [7, 11) is 0. The van der Waals surface area contributed by atoms with Gasteiger partial charge in [0.15, 0.2) is 6.10 Å². The molecule has 198 valence electrons. The van der Waals surface area contributed by atoms with Gasteiger partial charge in [0.25, 0.3) is 5.91 Å². The van der Waals surface area contributed by atoms with Crippen LogP contribution in [0.1, 0.15) is 24.0 Å². The normalized spacial score (nSPS) is 19.4. The maximum Gasteiger partial charge on any atom is 0.262 e. The molecule has 2 heterocycles. The first kappa shape index (κ1) is 26.5. The van der Waals surface area contributed by atoms with Crippen molar-refractivity contribution in [1.29, 1.82) is 0 Å². The van der Waals surface area contributed by atoms with Crippen LogP contribution in [0.3, 0.4) is 0 Å². The third-order valence-corrected chi connectivity index (χ3v) is 7.74. The Balaban J connectivity index is 1.25. The number of benzene rings is 3. The van der Waals surface area contributed by atoms with Gasteiger partial charge in [-0.1, -0.05) is 71.7 Å². The molecule has 8 heteroatoms. The number of ether oxygens (including phenoxy) is 1. The van der Waals surface area contributed by atoms with Crippen LogP contribution in [0, 0.1) is 5.92 Å². The molecule has 3 aromatic rings. The van der Waals surface area contributed by atoms with Crippen LogP contribution in [0.2, 0.25) is 10.0 Å². The van der Waals surface area contributed by atoms with Crippen molar-refractivity contribution in [3.63, 3.8) is 0 Å². The maximum atomic E-state index is 13.9. The third kappa shape index (κ3) is 6.32. The summed E-state index contributed by atoms with van der Waals surface area (Å²) in [6.45, 7) is 2.88. The lowest BCUT2D eigenvalue weighted by molar-refractivity contribution is -0.129. The molecule has 2 amide bonds. The van der Waals surface area contributed by atoms with Gasteiger partial charge in [0.2, 0.25) is 5.91 Å². The zero-order valence-electron chi connectivity index (χ0n) is 21.1. The maximum absolute atomic E-state index is 13.9. The van der Waals surface area contributed by atoms with E-state index in [4.69, 9.17) is 27.9 Å². The quantitative estimate of drug-likeness (QED) is 0.429. The van der Waals surface area contributed by atoms with Crippen LogP contribution in [-0.2, 0) is 22.6 Å². The summed E-state index contributed by atoms with van der Waals surface area (Å²) in [5.41, 5.74) is 2.86. The van der Waals surface area contributed by atoms with E-state index >= 15 is 0 Å². The summed E-state index contributed by atoms with van der Waals surface area (Å²) in [4.78, 5) is 30.9. The van der Waals surface area contributed by atoms with E-state index in [1.807, 2.05) is 66.7 Å². The fraction of sp³-hybridized carbons (Fsp3) is 0.333. The Morgan fingerprint density at radius 1 is 0.974 bits per heavy atom. The molecule has 2 atom stereocenters. The SMILES string of the molecule is O=C(NCCc1ccccc1)[C@H]1CN(C(=O)[C@H]2CCCN(Cc3ccc(Cl)cc3Cl)C2)c2ccccc2O1. The lowest BCUT2D eigenvalue weighted by atomic mass is 9.95. The zero-order chi connectivity index (χ0) is 26.5. The van der Waals surface area contributed by atoms with Gasteiger partial charge in [0.1, 0.15) is 5.75 Å². The summed E-state index contributed by atoms with van der Waals surface area (Å²) in [5, 5.41) is 4.22. The Morgan fingerprint density at radius 2 is 1.76 bits per heavy atom. The first-order valence-corrected chi connectivity index (χ1v) is 13.8. The molecule has 0 unspecified atom stereocenters. The largest absolute Gasteiger partial charge is 0.477 e. The second-order valence-corrected chi connectivity index (χ2v) is 10.7. The minimum Gasteiger partial charge on any atom is -0.477 e. The molecule has 0 saturated carbocycles.